The van der Waals surface area contributed by atoms with Crippen LogP contribution in [0.5, 0.6) is 0 Å². The summed E-state index contributed by atoms with van der Waals surface area (Å²) < 4.78 is 25.9. The molecule has 0 fully saturated rings. The quantitative estimate of drug-likeness (QED) is 0.620. The Labute approximate surface area is 70.4 Å². The fraction of sp³-hybridized carbons (Fsp3) is 0.400. The molecule has 0 aromatic carbocycles. The van der Waals surface area contributed by atoms with Gasteiger partial charge in [0.1, 0.15) is 0 Å². The Bertz CT molecular complexity index is 361. The molecular formula is C5H10N4O2S. The topological polar surface area (TPSA) is 90.0 Å². The third-order valence-corrected chi connectivity index (χ3v) is 2.98. The van der Waals surface area contributed by atoms with E-state index in [1.165, 1.54) is 25.0 Å². The summed E-state index contributed by atoms with van der Waals surface area (Å²) in [7, 11) is -0.655. The molecule has 0 aliphatic heterocycles. The molecule has 0 aliphatic carbocycles. The molecule has 0 atom stereocenters. The molecule has 0 amide bonds. The van der Waals surface area contributed by atoms with Crippen molar-refractivity contribution in [3.63, 3.8) is 0 Å². The Balaban J connectivity index is 3.37. The summed E-state index contributed by atoms with van der Waals surface area (Å²) in [6.45, 7) is 0. The molecule has 0 unspecified atom stereocenters. The van der Waals surface area contributed by atoms with E-state index >= 15 is 0 Å². The smallest absolute Gasteiger partial charge is 0.259 e. The van der Waals surface area contributed by atoms with Crippen molar-refractivity contribution in [2.24, 2.45) is 7.05 Å². The van der Waals surface area contributed by atoms with Crippen molar-refractivity contribution >= 4 is 15.7 Å². The number of hydrogen-bond acceptors (Lipinski definition) is 4. The monoisotopic (exact) mass is 190 g/mol. The van der Waals surface area contributed by atoms with Crippen LogP contribution >= 0.6 is 0 Å². The first-order valence-electron chi connectivity index (χ1n) is 3.20. The van der Waals surface area contributed by atoms with E-state index in [-0.39, 0.29) is 10.7 Å². The van der Waals surface area contributed by atoms with Crippen molar-refractivity contribution in [1.29, 1.82) is 0 Å². The molecular weight excluding hydrogens is 180 g/mol. The van der Waals surface area contributed by atoms with Gasteiger partial charge in [0.2, 0.25) is 0 Å². The number of nitrogens with zero attached hydrogens (tertiary/aromatic N) is 2. The van der Waals surface area contributed by atoms with Crippen LogP contribution in [-0.2, 0) is 17.1 Å². The standard InChI is InChI=1S/C5H10N4O2S/c1-7-12(10,11)5-4(6)3-8-9(5)2/h3,7H,6H2,1-2H3. The maximum Gasteiger partial charge on any atom is 0.259 e. The minimum Gasteiger partial charge on any atom is -0.395 e. The Morgan fingerprint density at radius 2 is 2.25 bits per heavy atom. The molecule has 0 saturated carbocycles. The Morgan fingerprint density at radius 3 is 2.58 bits per heavy atom. The number of nitrogens with one attached hydrogen (secondary N) is 1. The second-order valence-electron chi connectivity index (χ2n) is 2.24. The van der Waals surface area contributed by atoms with Gasteiger partial charge in [0.15, 0.2) is 5.03 Å². The van der Waals surface area contributed by atoms with E-state index in [4.69, 9.17) is 5.73 Å². The van der Waals surface area contributed by atoms with Crippen molar-refractivity contribution in [3.05, 3.63) is 6.20 Å². The normalized spacial score (nSPS) is 11.8. The first-order chi connectivity index (χ1) is 5.49. The van der Waals surface area contributed by atoms with Gasteiger partial charge in [-0.15, -0.1) is 0 Å². The Kier molecular flexibility index (Phi) is 2.07. The van der Waals surface area contributed by atoms with Gasteiger partial charge in [-0.2, -0.15) is 5.10 Å². The van der Waals surface area contributed by atoms with E-state index < -0.39 is 10.0 Å². The SMILES string of the molecule is CNS(=O)(=O)c1c(N)cnn1C. The van der Waals surface area contributed by atoms with Crippen LogP contribution in [0.25, 0.3) is 0 Å². The van der Waals surface area contributed by atoms with E-state index in [1.54, 1.807) is 0 Å². The highest BCUT2D eigenvalue weighted by Crippen LogP contribution is 2.14. The van der Waals surface area contributed by atoms with E-state index in [1.807, 2.05) is 0 Å². The number of aryl methyl sites for hydroxylation is 1. The van der Waals surface area contributed by atoms with Gasteiger partial charge in [0.05, 0.1) is 11.9 Å². The molecule has 1 aromatic heterocycles. The zero-order valence-electron chi connectivity index (χ0n) is 6.77. The van der Waals surface area contributed by atoms with Crippen LogP contribution in [0, 0.1) is 0 Å². The molecule has 0 saturated heterocycles. The average molecular weight is 190 g/mol. The number of anilines is 1. The van der Waals surface area contributed by atoms with Crippen LogP contribution in [-0.4, -0.2) is 25.2 Å². The zero-order valence-corrected chi connectivity index (χ0v) is 7.59. The van der Waals surface area contributed by atoms with Gasteiger partial charge in [-0.05, 0) is 7.05 Å². The predicted molar refractivity (Wildman–Crippen MR) is 43.9 cm³/mol. The maximum absolute atomic E-state index is 11.3. The number of nitrogens with two attached hydrogens (primary N) is 1. The van der Waals surface area contributed by atoms with Crippen molar-refractivity contribution in [2.45, 2.75) is 5.03 Å². The second kappa shape index (κ2) is 2.76. The molecule has 7 heteroatoms. The minimum absolute atomic E-state index is 0.00926. The third-order valence-electron chi connectivity index (χ3n) is 1.43. The van der Waals surface area contributed by atoms with Crippen molar-refractivity contribution in [1.82, 2.24) is 14.5 Å². The second-order valence-corrected chi connectivity index (χ2v) is 4.04. The van der Waals surface area contributed by atoms with Gasteiger partial charge in [0, 0.05) is 7.05 Å². The molecule has 0 spiro atoms. The molecule has 3 N–H and O–H groups in total. The lowest BCUT2D eigenvalue weighted by atomic mass is 10.6. The molecule has 12 heavy (non-hydrogen) atoms. The molecule has 1 heterocycles. The van der Waals surface area contributed by atoms with Crippen molar-refractivity contribution in [3.8, 4) is 0 Å². The van der Waals surface area contributed by atoms with Crippen LogP contribution in [0.1, 0.15) is 0 Å². The lowest BCUT2D eigenvalue weighted by Crippen LogP contribution is -2.22. The first-order valence-corrected chi connectivity index (χ1v) is 4.68. The summed E-state index contributed by atoms with van der Waals surface area (Å²) >= 11 is 0. The summed E-state index contributed by atoms with van der Waals surface area (Å²) in [6.07, 6.45) is 1.30. The predicted octanol–water partition coefficient (Wildman–Crippen LogP) is -1.09. The summed E-state index contributed by atoms with van der Waals surface area (Å²) in [5.74, 6) is 0. The number of rotatable bonds is 2. The highest BCUT2D eigenvalue weighted by molar-refractivity contribution is 7.89. The lowest BCUT2D eigenvalue weighted by molar-refractivity contribution is 0.570. The van der Waals surface area contributed by atoms with Gasteiger partial charge < -0.3 is 5.73 Å². The highest BCUT2D eigenvalue weighted by atomic mass is 32.2. The highest BCUT2D eigenvalue weighted by Gasteiger charge is 2.19. The molecule has 1 aromatic rings. The number of aromatic nitrogens is 2. The van der Waals surface area contributed by atoms with Gasteiger partial charge in [-0.1, -0.05) is 0 Å². The van der Waals surface area contributed by atoms with Crippen molar-refractivity contribution in [2.75, 3.05) is 12.8 Å². The van der Waals surface area contributed by atoms with Crippen LogP contribution in [0.4, 0.5) is 5.69 Å². The number of hydrogen-bond donors (Lipinski definition) is 2. The van der Waals surface area contributed by atoms with Gasteiger partial charge in [-0.25, -0.2) is 13.1 Å². The molecule has 0 bridgehead atoms. The zero-order chi connectivity index (χ0) is 9.35. The molecule has 1 rings (SSSR count). The molecule has 68 valence electrons. The van der Waals surface area contributed by atoms with E-state index in [2.05, 4.69) is 9.82 Å². The lowest BCUT2D eigenvalue weighted by Gasteiger charge is -2.02. The largest absolute Gasteiger partial charge is 0.395 e. The summed E-state index contributed by atoms with van der Waals surface area (Å²) in [6, 6.07) is 0. The average Bonchev–Trinajstić information content (AvgIpc) is 2.31. The third kappa shape index (κ3) is 1.28. The molecule has 0 radical (unpaired) electrons. The summed E-state index contributed by atoms with van der Waals surface area (Å²) in [5, 5.41) is 3.69. The summed E-state index contributed by atoms with van der Waals surface area (Å²) in [5.41, 5.74) is 5.55. The minimum atomic E-state index is -3.49. The van der Waals surface area contributed by atoms with Crippen LogP contribution in [0.2, 0.25) is 0 Å². The van der Waals surface area contributed by atoms with E-state index in [0.717, 1.165) is 0 Å². The van der Waals surface area contributed by atoms with Gasteiger partial charge in [-0.3, -0.25) is 4.68 Å². The fourth-order valence-electron chi connectivity index (χ4n) is 0.869. The van der Waals surface area contributed by atoms with Gasteiger partial charge >= 0.3 is 0 Å². The Morgan fingerprint density at radius 1 is 1.67 bits per heavy atom. The van der Waals surface area contributed by atoms with Crippen LogP contribution in [0.15, 0.2) is 11.2 Å². The van der Waals surface area contributed by atoms with Crippen molar-refractivity contribution < 1.29 is 8.42 Å². The molecule has 6 nitrogen and oxygen atoms in total. The first kappa shape index (κ1) is 9.01. The van der Waals surface area contributed by atoms with Crippen LogP contribution in [0.3, 0.4) is 0 Å². The number of sulfonamides is 1. The number of nitrogen functional groups attached to an aromatic ring is 1. The van der Waals surface area contributed by atoms with E-state index in [0.29, 0.717) is 0 Å². The van der Waals surface area contributed by atoms with E-state index in [9.17, 15) is 8.42 Å². The van der Waals surface area contributed by atoms with Crippen LogP contribution < -0.4 is 10.5 Å². The fourth-order valence-corrected chi connectivity index (χ4v) is 1.82. The molecule has 0 aliphatic rings. The Hall–Kier alpha value is -1.08. The van der Waals surface area contributed by atoms with Gasteiger partial charge in [0.25, 0.3) is 10.0 Å². The summed E-state index contributed by atoms with van der Waals surface area (Å²) in [4.78, 5) is 0. The maximum atomic E-state index is 11.3.